The van der Waals surface area contributed by atoms with E-state index in [0.29, 0.717) is 11.1 Å². The van der Waals surface area contributed by atoms with Crippen LogP contribution in [0, 0.1) is 20.6 Å². The average Bonchev–Trinajstić information content (AvgIpc) is 2.48. The van der Waals surface area contributed by atoms with Crippen LogP contribution in [0.15, 0.2) is 36.4 Å². The highest BCUT2D eigenvalue weighted by atomic mass is 127. The maximum Gasteiger partial charge on any atom is 0.273 e. The van der Waals surface area contributed by atoms with Gasteiger partial charge in [0.2, 0.25) is 0 Å². The van der Waals surface area contributed by atoms with E-state index in [-0.39, 0.29) is 11.6 Å². The van der Waals surface area contributed by atoms with Crippen molar-refractivity contribution < 1.29 is 9.72 Å². The molecule has 2 rings (SSSR count). The summed E-state index contributed by atoms with van der Waals surface area (Å²) in [5.74, 6) is -0.336. The smallest absolute Gasteiger partial charge is 0.273 e. The molecule has 0 atom stereocenters. The summed E-state index contributed by atoms with van der Waals surface area (Å²) in [6.45, 7) is 3.60. The molecule has 1 N–H and O–H groups in total. The Labute approximate surface area is 142 Å². The monoisotopic (exact) mass is 410 g/mol. The Hall–Kier alpha value is -1.96. The molecular weight excluding hydrogens is 395 g/mol. The summed E-state index contributed by atoms with van der Waals surface area (Å²) in [5, 5.41) is 13.8. The number of aryl methyl sites for hydroxylation is 1. The lowest BCUT2D eigenvalue weighted by molar-refractivity contribution is -0.385. The second kappa shape index (κ2) is 6.87. The van der Waals surface area contributed by atoms with Crippen molar-refractivity contribution in [3.8, 4) is 0 Å². The number of hydrogen-bond acceptors (Lipinski definition) is 3. The molecule has 114 valence electrons. The number of halogens is 1. The van der Waals surface area contributed by atoms with Crippen molar-refractivity contribution in [3.63, 3.8) is 0 Å². The van der Waals surface area contributed by atoms with Gasteiger partial charge in [-0.05, 0) is 65.8 Å². The van der Waals surface area contributed by atoms with E-state index in [2.05, 4.69) is 27.9 Å². The molecule has 2 aromatic rings. The molecule has 0 unspecified atom stereocenters. The zero-order chi connectivity index (χ0) is 16.3. The highest BCUT2D eigenvalue weighted by Gasteiger charge is 2.18. The maximum atomic E-state index is 12.4. The first kappa shape index (κ1) is 16.4. The van der Waals surface area contributed by atoms with Gasteiger partial charge in [0.1, 0.15) is 0 Å². The third-order valence-electron chi connectivity index (χ3n) is 3.44. The van der Waals surface area contributed by atoms with Gasteiger partial charge in [0.25, 0.3) is 11.6 Å². The van der Waals surface area contributed by atoms with E-state index >= 15 is 0 Å². The summed E-state index contributed by atoms with van der Waals surface area (Å²) in [6.07, 6.45) is 0.792. The topological polar surface area (TPSA) is 72.2 Å². The molecule has 5 nitrogen and oxygen atoms in total. The van der Waals surface area contributed by atoms with Gasteiger partial charge in [0, 0.05) is 26.5 Å². The minimum absolute atomic E-state index is 0.0500. The van der Waals surface area contributed by atoms with E-state index in [1.165, 1.54) is 12.1 Å². The van der Waals surface area contributed by atoms with Crippen LogP contribution in [0.25, 0.3) is 0 Å². The number of carbonyl (C=O) groups is 1. The molecule has 22 heavy (non-hydrogen) atoms. The fraction of sp³-hybridized carbons (Fsp3) is 0.188. The quantitative estimate of drug-likeness (QED) is 0.464. The first-order valence-electron chi connectivity index (χ1n) is 6.77. The molecule has 0 aliphatic carbocycles. The van der Waals surface area contributed by atoms with Gasteiger partial charge in [-0.2, -0.15) is 0 Å². The summed E-state index contributed by atoms with van der Waals surface area (Å²) in [4.78, 5) is 22.9. The second-order valence-electron chi connectivity index (χ2n) is 4.82. The van der Waals surface area contributed by atoms with E-state index in [1.807, 2.05) is 25.1 Å². The van der Waals surface area contributed by atoms with Crippen LogP contribution in [-0.4, -0.2) is 10.8 Å². The molecule has 2 aromatic carbocycles. The summed E-state index contributed by atoms with van der Waals surface area (Å²) in [7, 11) is 0. The van der Waals surface area contributed by atoms with E-state index in [1.54, 1.807) is 13.0 Å². The van der Waals surface area contributed by atoms with Crippen molar-refractivity contribution in [2.24, 2.45) is 0 Å². The predicted molar refractivity (Wildman–Crippen MR) is 94.3 cm³/mol. The number of benzene rings is 2. The SMILES string of the molecule is CCc1cc(I)ccc1NC(=O)c1cccc([N+](=O)[O-])c1C. The van der Waals surface area contributed by atoms with E-state index in [0.717, 1.165) is 21.2 Å². The predicted octanol–water partition coefficient (Wildman–Crippen LogP) is 4.32. The lowest BCUT2D eigenvalue weighted by Crippen LogP contribution is -2.15. The zero-order valence-electron chi connectivity index (χ0n) is 12.2. The number of hydrogen-bond donors (Lipinski definition) is 1. The minimum atomic E-state index is -0.478. The first-order valence-corrected chi connectivity index (χ1v) is 7.85. The van der Waals surface area contributed by atoms with Crippen LogP contribution in [-0.2, 0) is 6.42 Å². The zero-order valence-corrected chi connectivity index (χ0v) is 14.4. The van der Waals surface area contributed by atoms with Crippen LogP contribution >= 0.6 is 22.6 Å². The second-order valence-corrected chi connectivity index (χ2v) is 6.06. The number of amides is 1. The highest BCUT2D eigenvalue weighted by molar-refractivity contribution is 14.1. The number of nitrogens with one attached hydrogen (secondary N) is 1. The van der Waals surface area contributed by atoms with Crippen LogP contribution in [0.5, 0.6) is 0 Å². The molecule has 0 heterocycles. The van der Waals surface area contributed by atoms with Crippen LogP contribution in [0.3, 0.4) is 0 Å². The van der Waals surface area contributed by atoms with Gasteiger partial charge in [0.05, 0.1) is 4.92 Å². The molecule has 0 saturated carbocycles. The summed E-state index contributed by atoms with van der Waals surface area (Å²) >= 11 is 2.22. The fourth-order valence-electron chi connectivity index (χ4n) is 2.23. The Morgan fingerprint density at radius 1 is 1.32 bits per heavy atom. The molecule has 0 bridgehead atoms. The number of nitro groups is 1. The van der Waals surface area contributed by atoms with E-state index < -0.39 is 4.92 Å². The molecule has 0 radical (unpaired) electrons. The first-order chi connectivity index (χ1) is 10.4. The van der Waals surface area contributed by atoms with Crippen molar-refractivity contribution >= 4 is 39.9 Å². The Morgan fingerprint density at radius 3 is 2.68 bits per heavy atom. The minimum Gasteiger partial charge on any atom is -0.322 e. The van der Waals surface area contributed by atoms with E-state index in [4.69, 9.17) is 0 Å². The summed E-state index contributed by atoms with van der Waals surface area (Å²) < 4.78 is 1.10. The number of carbonyl (C=O) groups excluding carboxylic acids is 1. The normalized spacial score (nSPS) is 10.3. The van der Waals surface area contributed by atoms with E-state index in [9.17, 15) is 14.9 Å². The Balaban J connectivity index is 2.34. The van der Waals surface area contributed by atoms with Crippen molar-refractivity contribution in [1.82, 2.24) is 0 Å². The lowest BCUT2D eigenvalue weighted by atomic mass is 10.1. The molecule has 0 fully saturated rings. The standard InChI is InChI=1S/C16H15IN2O3/c1-3-11-9-12(17)7-8-14(11)18-16(20)13-5-4-6-15(10(13)2)19(21)22/h4-9H,3H2,1-2H3,(H,18,20). The molecule has 0 saturated heterocycles. The number of nitrogens with zero attached hydrogens (tertiary/aromatic N) is 1. The van der Waals surface area contributed by atoms with Crippen LogP contribution in [0.2, 0.25) is 0 Å². The van der Waals surface area contributed by atoms with Crippen molar-refractivity contribution in [3.05, 3.63) is 66.8 Å². The van der Waals surface area contributed by atoms with Crippen molar-refractivity contribution in [1.29, 1.82) is 0 Å². The third-order valence-corrected chi connectivity index (χ3v) is 4.11. The van der Waals surface area contributed by atoms with Crippen molar-refractivity contribution in [2.45, 2.75) is 20.3 Å². The summed E-state index contributed by atoms with van der Waals surface area (Å²) in [6, 6.07) is 10.3. The largest absolute Gasteiger partial charge is 0.322 e. The van der Waals surface area contributed by atoms with Gasteiger partial charge < -0.3 is 5.32 Å². The molecular formula is C16H15IN2O3. The Morgan fingerprint density at radius 2 is 2.05 bits per heavy atom. The molecule has 6 heteroatoms. The average molecular weight is 410 g/mol. The Bertz CT molecular complexity index is 744. The number of anilines is 1. The maximum absolute atomic E-state index is 12.4. The van der Waals surface area contributed by atoms with Gasteiger partial charge in [0.15, 0.2) is 0 Å². The molecule has 0 aliphatic rings. The van der Waals surface area contributed by atoms with Gasteiger partial charge in [-0.25, -0.2) is 0 Å². The number of nitro benzene ring substituents is 1. The van der Waals surface area contributed by atoms with Gasteiger partial charge >= 0.3 is 0 Å². The van der Waals surface area contributed by atoms with Crippen LogP contribution in [0.1, 0.15) is 28.4 Å². The fourth-order valence-corrected chi connectivity index (χ4v) is 2.79. The van der Waals surface area contributed by atoms with Gasteiger partial charge in [-0.1, -0.05) is 13.0 Å². The van der Waals surface area contributed by atoms with Crippen molar-refractivity contribution in [2.75, 3.05) is 5.32 Å². The molecule has 0 aromatic heterocycles. The highest BCUT2D eigenvalue weighted by Crippen LogP contribution is 2.24. The Kier molecular flexibility index (Phi) is 5.12. The molecule has 0 spiro atoms. The van der Waals surface area contributed by atoms with Crippen LogP contribution in [0.4, 0.5) is 11.4 Å². The molecule has 0 aliphatic heterocycles. The number of rotatable bonds is 4. The molecule has 1 amide bonds. The van der Waals surface area contributed by atoms with Gasteiger partial charge in [-0.3, -0.25) is 14.9 Å². The lowest BCUT2D eigenvalue weighted by Gasteiger charge is -2.11. The van der Waals surface area contributed by atoms with Gasteiger partial charge in [-0.15, -0.1) is 0 Å². The van der Waals surface area contributed by atoms with Crippen LogP contribution < -0.4 is 5.32 Å². The third kappa shape index (κ3) is 3.44. The summed E-state index contributed by atoms with van der Waals surface area (Å²) in [5.41, 5.74) is 2.40.